The van der Waals surface area contributed by atoms with Gasteiger partial charge in [0.05, 0.1) is 5.69 Å². The van der Waals surface area contributed by atoms with Crippen LogP contribution in [0.4, 0.5) is 5.69 Å². The van der Waals surface area contributed by atoms with E-state index in [-0.39, 0.29) is 0 Å². The van der Waals surface area contributed by atoms with Crippen molar-refractivity contribution in [3.8, 4) is 0 Å². The highest BCUT2D eigenvalue weighted by Crippen LogP contribution is 2.49. The molecule has 1 nitrogen and oxygen atoms in total. The first-order chi connectivity index (χ1) is 6.88. The number of anilines is 1. The molecule has 1 aliphatic heterocycles. The maximum Gasteiger partial charge on any atom is 0.0587 e. The monoisotopic (exact) mass is 225 g/mol. The lowest BCUT2D eigenvalue weighted by Gasteiger charge is -2.40. The third kappa shape index (κ3) is 1.47. The molecule has 14 heavy (non-hydrogen) atoms. The average Bonchev–Trinajstić information content (AvgIpc) is 2.66. The van der Waals surface area contributed by atoms with Gasteiger partial charge in [0.25, 0.3) is 0 Å². The summed E-state index contributed by atoms with van der Waals surface area (Å²) in [6.07, 6.45) is 7.10. The SMILES string of the molecule is c1scc2c1NCC1(CCCCC1)S2. The fourth-order valence-electron chi connectivity index (χ4n) is 2.49. The Kier molecular flexibility index (Phi) is 2.25. The van der Waals surface area contributed by atoms with Crippen LogP contribution in [0.3, 0.4) is 0 Å². The van der Waals surface area contributed by atoms with E-state index >= 15 is 0 Å². The molecule has 3 rings (SSSR count). The third-order valence-electron chi connectivity index (χ3n) is 3.32. The quantitative estimate of drug-likeness (QED) is 0.717. The van der Waals surface area contributed by atoms with Crippen molar-refractivity contribution in [2.45, 2.75) is 41.7 Å². The van der Waals surface area contributed by atoms with E-state index < -0.39 is 0 Å². The van der Waals surface area contributed by atoms with E-state index in [4.69, 9.17) is 0 Å². The largest absolute Gasteiger partial charge is 0.382 e. The Morgan fingerprint density at radius 2 is 2.00 bits per heavy atom. The minimum absolute atomic E-state index is 0.534. The summed E-state index contributed by atoms with van der Waals surface area (Å²) in [5, 5.41) is 8.12. The Labute approximate surface area is 93.3 Å². The number of fused-ring (bicyclic) bond motifs is 1. The van der Waals surface area contributed by atoms with Crippen LogP contribution >= 0.6 is 23.1 Å². The molecule has 3 heteroatoms. The summed E-state index contributed by atoms with van der Waals surface area (Å²) in [7, 11) is 0. The van der Waals surface area contributed by atoms with Crippen molar-refractivity contribution in [1.29, 1.82) is 0 Å². The fraction of sp³-hybridized carbons (Fsp3) is 0.636. The topological polar surface area (TPSA) is 12.0 Å². The van der Waals surface area contributed by atoms with Gasteiger partial charge in [-0.15, -0.1) is 23.1 Å². The molecular weight excluding hydrogens is 210 g/mol. The number of thiophene rings is 1. The highest BCUT2D eigenvalue weighted by molar-refractivity contribution is 8.01. The van der Waals surface area contributed by atoms with Crippen molar-refractivity contribution >= 4 is 28.8 Å². The first-order valence-electron chi connectivity index (χ1n) is 5.37. The van der Waals surface area contributed by atoms with E-state index in [2.05, 4.69) is 27.8 Å². The predicted molar refractivity (Wildman–Crippen MR) is 64.5 cm³/mol. The summed E-state index contributed by atoms with van der Waals surface area (Å²) in [4.78, 5) is 1.49. The maximum atomic E-state index is 3.59. The van der Waals surface area contributed by atoms with Crippen molar-refractivity contribution in [2.75, 3.05) is 11.9 Å². The van der Waals surface area contributed by atoms with Gasteiger partial charge in [-0.05, 0) is 12.8 Å². The summed E-state index contributed by atoms with van der Waals surface area (Å²) < 4.78 is 0.534. The minimum atomic E-state index is 0.534. The standard InChI is InChI=1S/C11H15NS2/c1-2-4-11(5-3-1)8-12-9-6-13-7-10(9)14-11/h6-7,12H,1-5,8H2. The van der Waals surface area contributed by atoms with Crippen LogP contribution in [-0.2, 0) is 0 Å². The average molecular weight is 225 g/mol. The zero-order chi connectivity index (χ0) is 9.43. The van der Waals surface area contributed by atoms with Crippen LogP contribution in [-0.4, -0.2) is 11.3 Å². The van der Waals surface area contributed by atoms with Crippen LogP contribution in [0.1, 0.15) is 32.1 Å². The second-order valence-corrected chi connectivity index (χ2v) is 6.60. The van der Waals surface area contributed by atoms with Gasteiger partial charge in [-0.3, -0.25) is 0 Å². The molecular formula is C11H15NS2. The Morgan fingerprint density at radius 1 is 1.14 bits per heavy atom. The summed E-state index contributed by atoms with van der Waals surface area (Å²) in [5.41, 5.74) is 1.37. The molecule has 1 aromatic rings. The van der Waals surface area contributed by atoms with Gasteiger partial charge in [-0.1, -0.05) is 19.3 Å². The zero-order valence-corrected chi connectivity index (χ0v) is 9.85. The molecule has 0 atom stereocenters. The summed E-state index contributed by atoms with van der Waals surface area (Å²) in [5.74, 6) is 0. The van der Waals surface area contributed by atoms with Gasteiger partial charge < -0.3 is 5.32 Å². The van der Waals surface area contributed by atoms with Gasteiger partial charge in [0.2, 0.25) is 0 Å². The molecule has 1 aromatic heterocycles. The van der Waals surface area contributed by atoms with Crippen LogP contribution < -0.4 is 5.32 Å². The number of rotatable bonds is 0. The van der Waals surface area contributed by atoms with Crippen LogP contribution in [0.15, 0.2) is 15.7 Å². The number of hydrogen-bond acceptors (Lipinski definition) is 3. The van der Waals surface area contributed by atoms with Crippen molar-refractivity contribution in [3.05, 3.63) is 10.8 Å². The molecule has 1 spiro atoms. The maximum absolute atomic E-state index is 3.59. The highest BCUT2D eigenvalue weighted by Gasteiger charge is 2.36. The zero-order valence-electron chi connectivity index (χ0n) is 8.21. The van der Waals surface area contributed by atoms with Gasteiger partial charge >= 0.3 is 0 Å². The number of hydrogen-bond donors (Lipinski definition) is 1. The van der Waals surface area contributed by atoms with Gasteiger partial charge in [-0.2, -0.15) is 0 Å². The van der Waals surface area contributed by atoms with Crippen molar-refractivity contribution in [1.82, 2.24) is 0 Å². The number of nitrogens with one attached hydrogen (secondary N) is 1. The molecule has 2 aliphatic rings. The Hall–Kier alpha value is -0.150. The Balaban J connectivity index is 1.85. The Bertz CT molecular complexity index is 326. The van der Waals surface area contributed by atoms with Crippen molar-refractivity contribution in [2.24, 2.45) is 0 Å². The van der Waals surface area contributed by atoms with Crippen LogP contribution in [0.5, 0.6) is 0 Å². The van der Waals surface area contributed by atoms with E-state index in [9.17, 15) is 0 Å². The molecule has 1 saturated carbocycles. The fourth-order valence-corrected chi connectivity index (χ4v) is 4.94. The van der Waals surface area contributed by atoms with Gasteiger partial charge in [-0.25, -0.2) is 0 Å². The third-order valence-corrected chi connectivity index (χ3v) is 5.75. The first kappa shape index (κ1) is 9.10. The van der Waals surface area contributed by atoms with Crippen LogP contribution in [0.25, 0.3) is 0 Å². The lowest BCUT2D eigenvalue weighted by molar-refractivity contribution is 0.408. The normalized spacial score (nSPS) is 24.3. The molecule has 0 radical (unpaired) electrons. The summed E-state index contributed by atoms with van der Waals surface area (Å²) >= 11 is 3.95. The van der Waals surface area contributed by atoms with Crippen LogP contribution in [0.2, 0.25) is 0 Å². The molecule has 0 saturated heterocycles. The smallest absolute Gasteiger partial charge is 0.0587 e. The van der Waals surface area contributed by atoms with E-state index in [0.29, 0.717) is 4.75 Å². The van der Waals surface area contributed by atoms with E-state index in [1.807, 2.05) is 11.3 Å². The van der Waals surface area contributed by atoms with E-state index in [0.717, 1.165) is 0 Å². The first-order valence-corrected chi connectivity index (χ1v) is 7.13. The minimum Gasteiger partial charge on any atom is -0.382 e. The molecule has 0 unspecified atom stereocenters. The number of thioether (sulfide) groups is 1. The second-order valence-electron chi connectivity index (χ2n) is 4.35. The van der Waals surface area contributed by atoms with Gasteiger partial charge in [0.15, 0.2) is 0 Å². The van der Waals surface area contributed by atoms with Crippen molar-refractivity contribution in [3.63, 3.8) is 0 Å². The molecule has 1 N–H and O–H groups in total. The molecule has 1 aliphatic carbocycles. The van der Waals surface area contributed by atoms with E-state index in [1.165, 1.54) is 49.2 Å². The predicted octanol–water partition coefficient (Wildman–Crippen LogP) is 3.97. The van der Waals surface area contributed by atoms with Crippen LogP contribution in [0, 0.1) is 0 Å². The molecule has 0 aromatic carbocycles. The molecule has 2 heterocycles. The lowest BCUT2D eigenvalue weighted by Crippen LogP contribution is -2.37. The second kappa shape index (κ2) is 3.46. The van der Waals surface area contributed by atoms with Gasteiger partial charge in [0, 0.05) is 26.9 Å². The van der Waals surface area contributed by atoms with Crippen molar-refractivity contribution < 1.29 is 0 Å². The van der Waals surface area contributed by atoms with E-state index in [1.54, 1.807) is 0 Å². The summed E-state index contributed by atoms with van der Waals surface area (Å²) in [6, 6.07) is 0. The highest BCUT2D eigenvalue weighted by atomic mass is 32.2. The molecule has 1 fully saturated rings. The molecule has 76 valence electrons. The Morgan fingerprint density at radius 3 is 2.86 bits per heavy atom. The van der Waals surface area contributed by atoms with Gasteiger partial charge in [0.1, 0.15) is 0 Å². The molecule has 0 bridgehead atoms. The molecule has 0 amide bonds. The summed E-state index contributed by atoms with van der Waals surface area (Å²) in [6.45, 7) is 1.18. The lowest BCUT2D eigenvalue weighted by atomic mass is 9.88.